The lowest BCUT2D eigenvalue weighted by atomic mass is 10.1. The molecule has 0 aromatic heterocycles. The molecule has 0 amide bonds. The summed E-state index contributed by atoms with van der Waals surface area (Å²) in [5.74, 6) is -0.135. The van der Waals surface area contributed by atoms with E-state index in [0.717, 1.165) is 18.5 Å². The maximum absolute atomic E-state index is 13.5. The van der Waals surface area contributed by atoms with Crippen molar-refractivity contribution in [3.63, 3.8) is 0 Å². The van der Waals surface area contributed by atoms with Crippen LogP contribution >= 0.6 is 12.2 Å². The lowest BCUT2D eigenvalue weighted by molar-refractivity contribution is 0.195. The number of hydrogen-bond donors (Lipinski definition) is 2. The van der Waals surface area contributed by atoms with E-state index in [2.05, 4.69) is 10.6 Å². The minimum Gasteiger partial charge on any atom is -0.385 e. The standard InChI is InChI=1S/C14H21FN2OS/c1-10-7-12(8-11(2)13(10)15)9-17-14(19)16-5-4-6-18-3/h7-8H,4-6,9H2,1-3H3,(H2,16,17,19). The minimum atomic E-state index is -0.135. The Morgan fingerprint density at radius 2 is 1.89 bits per heavy atom. The van der Waals surface area contributed by atoms with E-state index in [1.807, 2.05) is 12.1 Å². The molecule has 106 valence electrons. The first kappa shape index (κ1) is 15.9. The van der Waals surface area contributed by atoms with Gasteiger partial charge in [-0.2, -0.15) is 0 Å². The van der Waals surface area contributed by atoms with Crippen LogP contribution < -0.4 is 10.6 Å². The third kappa shape index (κ3) is 5.53. The summed E-state index contributed by atoms with van der Waals surface area (Å²) in [6.07, 6.45) is 0.910. The van der Waals surface area contributed by atoms with Crippen LogP contribution in [0.5, 0.6) is 0 Å². The van der Waals surface area contributed by atoms with E-state index < -0.39 is 0 Å². The highest BCUT2D eigenvalue weighted by atomic mass is 32.1. The Hall–Kier alpha value is -1.20. The van der Waals surface area contributed by atoms with Crippen molar-refractivity contribution in [2.75, 3.05) is 20.3 Å². The molecule has 0 saturated carbocycles. The van der Waals surface area contributed by atoms with Crippen LogP contribution in [0.15, 0.2) is 12.1 Å². The van der Waals surface area contributed by atoms with Crippen molar-refractivity contribution in [2.45, 2.75) is 26.8 Å². The van der Waals surface area contributed by atoms with Gasteiger partial charge in [0.2, 0.25) is 0 Å². The van der Waals surface area contributed by atoms with Crippen molar-refractivity contribution >= 4 is 17.3 Å². The van der Waals surface area contributed by atoms with Gasteiger partial charge in [0, 0.05) is 26.8 Å². The molecule has 0 heterocycles. The zero-order valence-corrected chi connectivity index (χ0v) is 12.5. The number of nitrogens with one attached hydrogen (secondary N) is 2. The number of ether oxygens (including phenoxy) is 1. The summed E-state index contributed by atoms with van der Waals surface area (Å²) < 4.78 is 18.4. The van der Waals surface area contributed by atoms with Crippen molar-refractivity contribution in [3.05, 3.63) is 34.6 Å². The number of thiocarbonyl (C=S) groups is 1. The van der Waals surface area contributed by atoms with Crippen LogP contribution in [0, 0.1) is 19.7 Å². The van der Waals surface area contributed by atoms with E-state index in [0.29, 0.717) is 29.4 Å². The molecule has 5 heteroatoms. The summed E-state index contributed by atoms with van der Waals surface area (Å²) in [6.45, 7) is 5.63. The Kier molecular flexibility index (Phi) is 6.73. The van der Waals surface area contributed by atoms with Crippen molar-refractivity contribution in [1.29, 1.82) is 0 Å². The van der Waals surface area contributed by atoms with Crippen molar-refractivity contribution in [1.82, 2.24) is 10.6 Å². The lowest BCUT2D eigenvalue weighted by Crippen LogP contribution is -2.35. The molecule has 1 aromatic rings. The molecule has 0 aliphatic rings. The van der Waals surface area contributed by atoms with E-state index in [4.69, 9.17) is 17.0 Å². The smallest absolute Gasteiger partial charge is 0.166 e. The van der Waals surface area contributed by atoms with E-state index >= 15 is 0 Å². The molecule has 19 heavy (non-hydrogen) atoms. The molecule has 0 radical (unpaired) electrons. The summed E-state index contributed by atoms with van der Waals surface area (Å²) in [7, 11) is 1.68. The SMILES string of the molecule is COCCCNC(=S)NCc1cc(C)c(F)c(C)c1. The topological polar surface area (TPSA) is 33.3 Å². The Morgan fingerprint density at radius 3 is 2.47 bits per heavy atom. The number of benzene rings is 1. The number of rotatable bonds is 6. The van der Waals surface area contributed by atoms with Gasteiger partial charge in [-0.25, -0.2) is 4.39 Å². The molecule has 2 N–H and O–H groups in total. The lowest BCUT2D eigenvalue weighted by Gasteiger charge is -2.11. The van der Waals surface area contributed by atoms with Gasteiger partial charge in [0.25, 0.3) is 0 Å². The Bertz CT molecular complexity index is 414. The van der Waals surface area contributed by atoms with Crippen LogP contribution in [0.3, 0.4) is 0 Å². The highest BCUT2D eigenvalue weighted by Crippen LogP contribution is 2.14. The molecule has 0 aliphatic heterocycles. The van der Waals surface area contributed by atoms with Crippen LogP contribution in [-0.2, 0) is 11.3 Å². The normalized spacial score (nSPS) is 10.3. The highest BCUT2D eigenvalue weighted by Gasteiger charge is 2.04. The zero-order valence-electron chi connectivity index (χ0n) is 11.7. The highest BCUT2D eigenvalue weighted by molar-refractivity contribution is 7.80. The molecule has 0 bridgehead atoms. The van der Waals surface area contributed by atoms with Crippen LogP contribution in [-0.4, -0.2) is 25.4 Å². The summed E-state index contributed by atoms with van der Waals surface area (Å²) in [4.78, 5) is 0. The number of methoxy groups -OCH3 is 1. The Labute approximate surface area is 119 Å². The van der Waals surface area contributed by atoms with Crippen LogP contribution in [0.4, 0.5) is 4.39 Å². The van der Waals surface area contributed by atoms with Gasteiger partial charge in [-0.1, -0.05) is 12.1 Å². The Balaban J connectivity index is 2.38. The third-order valence-corrected chi connectivity index (χ3v) is 3.05. The molecule has 1 rings (SSSR count). The number of halogens is 1. The predicted octanol–water partition coefficient (Wildman–Crippen LogP) is 2.44. The van der Waals surface area contributed by atoms with Gasteiger partial charge in [0.1, 0.15) is 5.82 Å². The first-order chi connectivity index (χ1) is 9.04. The molecular formula is C14H21FN2OS. The van der Waals surface area contributed by atoms with E-state index in [-0.39, 0.29) is 5.82 Å². The van der Waals surface area contributed by atoms with Crippen molar-refractivity contribution in [2.24, 2.45) is 0 Å². The first-order valence-corrected chi connectivity index (χ1v) is 6.71. The second kappa shape index (κ2) is 8.07. The van der Waals surface area contributed by atoms with Crippen LogP contribution in [0.2, 0.25) is 0 Å². The van der Waals surface area contributed by atoms with E-state index in [1.165, 1.54) is 0 Å². The molecular weight excluding hydrogens is 263 g/mol. The maximum Gasteiger partial charge on any atom is 0.166 e. The largest absolute Gasteiger partial charge is 0.385 e. The van der Waals surface area contributed by atoms with Gasteiger partial charge in [-0.3, -0.25) is 0 Å². The van der Waals surface area contributed by atoms with Gasteiger partial charge in [-0.15, -0.1) is 0 Å². The summed E-state index contributed by atoms with van der Waals surface area (Å²) >= 11 is 5.16. The molecule has 0 aliphatic carbocycles. The quantitative estimate of drug-likeness (QED) is 0.621. The molecule has 0 spiro atoms. The average Bonchev–Trinajstić information content (AvgIpc) is 2.38. The molecule has 0 unspecified atom stereocenters. The average molecular weight is 284 g/mol. The minimum absolute atomic E-state index is 0.135. The van der Waals surface area contributed by atoms with Gasteiger partial charge < -0.3 is 15.4 Å². The van der Waals surface area contributed by atoms with Crippen LogP contribution in [0.25, 0.3) is 0 Å². The molecule has 3 nitrogen and oxygen atoms in total. The molecule has 0 saturated heterocycles. The summed E-state index contributed by atoms with van der Waals surface area (Å²) in [5, 5.41) is 6.81. The van der Waals surface area contributed by atoms with Crippen molar-refractivity contribution in [3.8, 4) is 0 Å². The van der Waals surface area contributed by atoms with E-state index in [1.54, 1.807) is 21.0 Å². The fraction of sp³-hybridized carbons (Fsp3) is 0.500. The zero-order chi connectivity index (χ0) is 14.3. The molecule has 0 atom stereocenters. The second-order valence-corrected chi connectivity index (χ2v) is 4.91. The monoisotopic (exact) mass is 284 g/mol. The predicted molar refractivity (Wildman–Crippen MR) is 79.8 cm³/mol. The number of hydrogen-bond acceptors (Lipinski definition) is 2. The van der Waals surface area contributed by atoms with Gasteiger partial charge in [-0.05, 0) is 49.2 Å². The van der Waals surface area contributed by atoms with Gasteiger partial charge >= 0.3 is 0 Å². The summed E-state index contributed by atoms with van der Waals surface area (Å²) in [6, 6.07) is 3.67. The van der Waals surface area contributed by atoms with Crippen LogP contribution in [0.1, 0.15) is 23.1 Å². The van der Waals surface area contributed by atoms with Gasteiger partial charge in [0.05, 0.1) is 0 Å². The first-order valence-electron chi connectivity index (χ1n) is 6.31. The summed E-state index contributed by atoms with van der Waals surface area (Å²) in [5.41, 5.74) is 2.35. The van der Waals surface area contributed by atoms with Crippen molar-refractivity contribution < 1.29 is 9.13 Å². The molecule has 1 aromatic carbocycles. The van der Waals surface area contributed by atoms with E-state index in [9.17, 15) is 4.39 Å². The fourth-order valence-electron chi connectivity index (χ4n) is 1.80. The molecule has 0 fully saturated rings. The van der Waals surface area contributed by atoms with Gasteiger partial charge in [0.15, 0.2) is 5.11 Å². The Morgan fingerprint density at radius 1 is 1.26 bits per heavy atom. The second-order valence-electron chi connectivity index (χ2n) is 4.50. The third-order valence-electron chi connectivity index (χ3n) is 2.76. The number of aryl methyl sites for hydroxylation is 2. The fourth-order valence-corrected chi connectivity index (χ4v) is 1.98. The maximum atomic E-state index is 13.5.